The second kappa shape index (κ2) is 9.71. The molecule has 0 rings (SSSR count). The molecular formula is C16H18O9. The lowest BCUT2D eigenvalue weighted by Gasteiger charge is -2.11. The minimum atomic E-state index is -1.49. The van der Waals surface area contributed by atoms with Gasteiger partial charge >= 0.3 is 23.9 Å². The van der Waals surface area contributed by atoms with Gasteiger partial charge in [0.1, 0.15) is 12.5 Å². The molecule has 0 bridgehead atoms. The van der Waals surface area contributed by atoms with Gasteiger partial charge in [-0.25, -0.2) is 19.2 Å². The van der Waals surface area contributed by atoms with E-state index in [2.05, 4.69) is 0 Å². The lowest BCUT2D eigenvalue weighted by molar-refractivity contribution is -0.134. The zero-order valence-electron chi connectivity index (χ0n) is 13.7. The quantitative estimate of drug-likeness (QED) is 0.356. The van der Waals surface area contributed by atoms with E-state index in [0.29, 0.717) is 0 Å². The number of carboxylic acid groups (broad SMARTS) is 4. The normalized spacial score (nSPS) is 14.7. The Labute approximate surface area is 142 Å². The second-order valence-corrected chi connectivity index (χ2v) is 4.96. The fourth-order valence-corrected chi connectivity index (χ4v) is 1.44. The van der Waals surface area contributed by atoms with Crippen LogP contribution in [0.4, 0.5) is 0 Å². The third-order valence-electron chi connectivity index (χ3n) is 2.92. The van der Waals surface area contributed by atoms with E-state index in [1.165, 1.54) is 20.8 Å². The minimum absolute atomic E-state index is 0.202. The number of carboxylic acids is 4. The molecule has 0 aromatic carbocycles. The Morgan fingerprint density at radius 2 is 1.08 bits per heavy atom. The molecule has 0 heterocycles. The molecule has 0 amide bonds. The summed E-state index contributed by atoms with van der Waals surface area (Å²) in [6.45, 7) is 3.65. The van der Waals surface area contributed by atoms with Crippen molar-refractivity contribution in [2.24, 2.45) is 5.92 Å². The highest BCUT2D eigenvalue weighted by molar-refractivity contribution is 5.91. The number of allylic oxidation sites excluding steroid dienone is 2. The number of ether oxygens (including phenoxy) is 1. The van der Waals surface area contributed by atoms with Gasteiger partial charge in [0.2, 0.25) is 0 Å². The molecule has 9 heteroatoms. The fraction of sp³-hybridized carbons (Fsp3) is 0.250. The van der Waals surface area contributed by atoms with Crippen LogP contribution >= 0.6 is 0 Å². The maximum absolute atomic E-state index is 11.4. The Hall–Kier alpha value is -3.36. The SMILES string of the molecule is CC(=COC=C(C(=O)O)C(C=C(C)C(=O)O)C=C(C)C(=O)O)C(=O)O. The zero-order chi connectivity index (χ0) is 19.7. The number of hydrogen-bond donors (Lipinski definition) is 4. The van der Waals surface area contributed by atoms with Crippen molar-refractivity contribution in [3.63, 3.8) is 0 Å². The van der Waals surface area contributed by atoms with E-state index in [0.717, 1.165) is 24.7 Å². The molecule has 25 heavy (non-hydrogen) atoms. The molecule has 0 atom stereocenters. The van der Waals surface area contributed by atoms with Crippen LogP contribution in [0, 0.1) is 5.92 Å². The molecule has 0 saturated carbocycles. The Bertz CT molecular complexity index is 662. The highest BCUT2D eigenvalue weighted by Crippen LogP contribution is 2.20. The van der Waals surface area contributed by atoms with E-state index in [4.69, 9.17) is 20.1 Å². The predicted octanol–water partition coefficient (Wildman–Crippen LogP) is 1.64. The number of carbonyl (C=O) groups is 4. The molecule has 0 unspecified atom stereocenters. The molecule has 0 fully saturated rings. The first-order chi connectivity index (χ1) is 11.5. The first-order valence-electron chi connectivity index (χ1n) is 6.79. The van der Waals surface area contributed by atoms with Crippen LogP contribution in [0.15, 0.2) is 47.0 Å². The van der Waals surface area contributed by atoms with Gasteiger partial charge in [-0.15, -0.1) is 0 Å². The maximum Gasteiger partial charge on any atom is 0.335 e. The van der Waals surface area contributed by atoms with Crippen LogP contribution in [0.3, 0.4) is 0 Å². The summed E-state index contributed by atoms with van der Waals surface area (Å²) in [7, 11) is 0. The average molecular weight is 354 g/mol. The van der Waals surface area contributed by atoms with Gasteiger partial charge in [-0.3, -0.25) is 0 Å². The fourth-order valence-electron chi connectivity index (χ4n) is 1.44. The van der Waals surface area contributed by atoms with Crippen molar-refractivity contribution in [2.75, 3.05) is 0 Å². The van der Waals surface area contributed by atoms with Gasteiger partial charge in [0.05, 0.1) is 11.1 Å². The van der Waals surface area contributed by atoms with E-state index in [9.17, 15) is 24.3 Å². The van der Waals surface area contributed by atoms with Crippen molar-refractivity contribution in [3.05, 3.63) is 47.0 Å². The first kappa shape index (κ1) is 21.6. The second-order valence-electron chi connectivity index (χ2n) is 4.96. The predicted molar refractivity (Wildman–Crippen MR) is 84.5 cm³/mol. The van der Waals surface area contributed by atoms with Crippen molar-refractivity contribution >= 4 is 23.9 Å². The summed E-state index contributed by atoms with van der Waals surface area (Å²) in [5.74, 6) is -6.60. The molecule has 9 nitrogen and oxygen atoms in total. The van der Waals surface area contributed by atoms with Gasteiger partial charge in [-0.2, -0.15) is 0 Å². The van der Waals surface area contributed by atoms with Crippen LogP contribution in [0.5, 0.6) is 0 Å². The van der Waals surface area contributed by atoms with Gasteiger partial charge in [0.25, 0.3) is 0 Å². The standard InChI is InChI=1S/C16H18O9/c1-8(13(17)18)4-11(5-9(2)14(19)20)12(16(23)24)7-25-6-10(3)15(21)22/h4-7,11H,1-3H3,(H,17,18)(H,19,20)(H,21,22)(H,23,24). The minimum Gasteiger partial charge on any atom is -0.478 e. The zero-order valence-corrected chi connectivity index (χ0v) is 13.7. The molecular weight excluding hydrogens is 336 g/mol. The van der Waals surface area contributed by atoms with E-state index >= 15 is 0 Å². The third-order valence-corrected chi connectivity index (χ3v) is 2.92. The van der Waals surface area contributed by atoms with Gasteiger partial charge in [-0.1, -0.05) is 12.2 Å². The van der Waals surface area contributed by atoms with Crippen LogP contribution in [0.2, 0.25) is 0 Å². The third kappa shape index (κ3) is 7.64. The maximum atomic E-state index is 11.4. The van der Waals surface area contributed by atoms with Crippen LogP contribution in [-0.4, -0.2) is 44.3 Å². The molecule has 0 aromatic heterocycles. The van der Waals surface area contributed by atoms with Crippen molar-refractivity contribution in [3.8, 4) is 0 Å². The summed E-state index contributed by atoms with van der Waals surface area (Å²) in [4.78, 5) is 44.0. The van der Waals surface area contributed by atoms with Crippen LogP contribution in [0.25, 0.3) is 0 Å². The molecule has 0 spiro atoms. The van der Waals surface area contributed by atoms with E-state index in [-0.39, 0.29) is 16.7 Å². The van der Waals surface area contributed by atoms with Gasteiger partial charge in [-0.05, 0) is 20.8 Å². The molecule has 136 valence electrons. The largest absolute Gasteiger partial charge is 0.478 e. The van der Waals surface area contributed by atoms with Crippen LogP contribution in [0.1, 0.15) is 20.8 Å². The van der Waals surface area contributed by atoms with Crippen molar-refractivity contribution < 1.29 is 44.3 Å². The van der Waals surface area contributed by atoms with E-state index in [1.54, 1.807) is 0 Å². The van der Waals surface area contributed by atoms with Crippen LogP contribution < -0.4 is 0 Å². The van der Waals surface area contributed by atoms with Gasteiger partial charge < -0.3 is 25.2 Å². The molecule has 0 aliphatic rings. The highest BCUT2D eigenvalue weighted by atomic mass is 16.5. The number of rotatable bonds is 9. The van der Waals surface area contributed by atoms with Crippen molar-refractivity contribution in [1.29, 1.82) is 0 Å². The van der Waals surface area contributed by atoms with Crippen molar-refractivity contribution in [1.82, 2.24) is 0 Å². The van der Waals surface area contributed by atoms with E-state index < -0.39 is 35.4 Å². The van der Waals surface area contributed by atoms with Gasteiger partial charge in [0.15, 0.2) is 0 Å². The molecule has 0 aliphatic heterocycles. The van der Waals surface area contributed by atoms with Crippen molar-refractivity contribution in [2.45, 2.75) is 20.8 Å². The summed E-state index contributed by atoms with van der Waals surface area (Å²) in [6.07, 6.45) is 3.61. The molecule has 0 radical (unpaired) electrons. The topological polar surface area (TPSA) is 158 Å². The lowest BCUT2D eigenvalue weighted by Crippen LogP contribution is -2.13. The summed E-state index contributed by atoms with van der Waals surface area (Å²) < 4.78 is 4.81. The smallest absolute Gasteiger partial charge is 0.335 e. The lowest BCUT2D eigenvalue weighted by atomic mass is 9.95. The first-order valence-corrected chi connectivity index (χ1v) is 6.79. The molecule has 0 aromatic rings. The number of hydrogen-bond acceptors (Lipinski definition) is 5. The summed E-state index contributed by atoms with van der Waals surface area (Å²) >= 11 is 0. The molecule has 0 aliphatic carbocycles. The molecule has 4 N–H and O–H groups in total. The Kier molecular flexibility index (Phi) is 8.40. The van der Waals surface area contributed by atoms with Gasteiger partial charge in [0, 0.05) is 17.1 Å². The van der Waals surface area contributed by atoms with E-state index in [1.807, 2.05) is 0 Å². The summed E-state index contributed by atoms with van der Waals surface area (Å²) in [5, 5.41) is 35.8. The monoisotopic (exact) mass is 354 g/mol. The summed E-state index contributed by atoms with van der Waals surface area (Å²) in [5.41, 5.74) is -1.09. The van der Waals surface area contributed by atoms with Crippen LogP contribution in [-0.2, 0) is 23.9 Å². The average Bonchev–Trinajstić information content (AvgIpc) is 2.49. The summed E-state index contributed by atoms with van der Waals surface area (Å²) in [6, 6.07) is 0. The Morgan fingerprint density at radius 3 is 1.40 bits per heavy atom. The number of aliphatic carboxylic acids is 4. The highest BCUT2D eigenvalue weighted by Gasteiger charge is 2.20. The molecule has 0 saturated heterocycles. The Morgan fingerprint density at radius 1 is 0.680 bits per heavy atom. The Balaban J connectivity index is 6.00.